The summed E-state index contributed by atoms with van der Waals surface area (Å²) < 4.78 is 0. The van der Waals surface area contributed by atoms with Gasteiger partial charge in [-0.3, -0.25) is 4.79 Å². The van der Waals surface area contributed by atoms with Gasteiger partial charge >= 0.3 is 5.97 Å². The molecule has 0 rings (SSSR count). The summed E-state index contributed by atoms with van der Waals surface area (Å²) >= 11 is 0. The van der Waals surface area contributed by atoms with Crippen molar-refractivity contribution >= 4 is 23.3 Å². The molecule has 3 heteroatoms. The normalized spacial score (nSPS) is 10.6. The number of carboxylic acid groups (broad SMARTS) is 1. The fourth-order valence-corrected chi connectivity index (χ4v) is 1.99. The van der Waals surface area contributed by atoms with Gasteiger partial charge < -0.3 is 5.11 Å². The van der Waals surface area contributed by atoms with Crippen molar-refractivity contribution in [1.29, 1.82) is 0 Å². The quantitative estimate of drug-likeness (QED) is 0.295. The third-order valence-corrected chi connectivity index (χ3v) is 3.15. The van der Waals surface area contributed by atoms with Crippen molar-refractivity contribution in [2.75, 3.05) is 0 Å². The molecule has 0 aliphatic carbocycles. The Kier molecular flexibility index (Phi) is 19.7. The van der Waals surface area contributed by atoms with Gasteiger partial charge in [0.2, 0.25) is 0 Å². The summed E-state index contributed by atoms with van der Waals surface area (Å²) in [6.07, 6.45) is 18.3. The molecule has 0 aromatic heterocycles. The van der Waals surface area contributed by atoms with E-state index in [1.807, 2.05) is 0 Å². The molecule has 109 valence electrons. The van der Waals surface area contributed by atoms with Gasteiger partial charge in [-0.15, -0.1) is 0 Å². The predicted molar refractivity (Wildman–Crippen MR) is 83.6 cm³/mol. The average molecular weight is 281 g/mol. The lowest BCUT2D eigenvalue weighted by Gasteiger charge is -1.98. The molecule has 0 bridgehead atoms. The highest BCUT2D eigenvalue weighted by Gasteiger charge is 1.95. The topological polar surface area (TPSA) is 37.3 Å². The van der Waals surface area contributed by atoms with Crippen LogP contribution >= 0.6 is 0 Å². The monoisotopic (exact) mass is 281 g/mol. The minimum absolute atomic E-state index is 0. The summed E-state index contributed by atoms with van der Waals surface area (Å²) in [5, 5.41) is 8.48. The lowest BCUT2D eigenvalue weighted by atomic mass is 10.1. The molecule has 0 aliphatic heterocycles. The zero-order chi connectivity index (χ0) is 13.5. The van der Waals surface area contributed by atoms with Gasteiger partial charge in [-0.25, -0.2) is 0 Å². The van der Waals surface area contributed by atoms with E-state index >= 15 is 0 Å². The van der Waals surface area contributed by atoms with Crippen LogP contribution in [0.3, 0.4) is 0 Å². The Bertz CT molecular complexity index is 215. The average Bonchev–Trinajstić information content (AvgIpc) is 2.34. The second-order valence-corrected chi connectivity index (χ2v) is 5.02. The molecule has 0 amide bonds. The van der Waals surface area contributed by atoms with Crippen molar-refractivity contribution in [3.63, 3.8) is 0 Å². The predicted octanol–water partition coefficient (Wildman–Crippen LogP) is 4.95. The van der Waals surface area contributed by atoms with Crippen LogP contribution in [0.1, 0.15) is 84.0 Å². The highest BCUT2D eigenvalue weighted by molar-refractivity contribution is 5.75. The van der Waals surface area contributed by atoms with Crippen molar-refractivity contribution < 1.29 is 9.90 Å². The zero-order valence-electron chi connectivity index (χ0n) is 12.6. The molecule has 0 aromatic rings. The summed E-state index contributed by atoms with van der Waals surface area (Å²) in [5.41, 5.74) is 0. The van der Waals surface area contributed by atoms with E-state index in [1.54, 1.807) is 0 Å². The molecule has 3 radical (unpaired) electrons. The number of carbonyl (C=O) groups is 1. The van der Waals surface area contributed by atoms with Gasteiger partial charge in [-0.1, -0.05) is 57.6 Å². The molecule has 0 aromatic carbocycles. The zero-order valence-corrected chi connectivity index (χ0v) is 13.7. The van der Waals surface area contributed by atoms with Crippen molar-refractivity contribution in [3.05, 3.63) is 12.2 Å². The Hall–Kier alpha value is -0.258. The fourth-order valence-electron chi connectivity index (χ4n) is 1.99. The first-order chi connectivity index (χ1) is 8.77. The molecular weight excluding hydrogens is 251 g/mol. The number of carboxylic acids is 1. The summed E-state index contributed by atoms with van der Waals surface area (Å²) in [7, 11) is 0. The molecule has 0 unspecified atom stereocenters. The third-order valence-electron chi connectivity index (χ3n) is 3.15. The Labute approximate surface area is 129 Å². The van der Waals surface area contributed by atoms with Gasteiger partial charge in [-0.05, 0) is 32.1 Å². The van der Waals surface area contributed by atoms with Gasteiger partial charge in [0.25, 0.3) is 0 Å². The maximum atomic E-state index is 10.3. The number of unbranched alkanes of at least 4 members (excludes halogenated alkanes) is 9. The Balaban J connectivity index is 0. The maximum Gasteiger partial charge on any atom is 0.303 e. The number of hydrogen-bond donors (Lipinski definition) is 1. The Morgan fingerprint density at radius 2 is 1.32 bits per heavy atom. The molecule has 0 spiro atoms. The molecular formula is C16H30AlO2. The first-order valence-electron chi connectivity index (χ1n) is 7.64. The summed E-state index contributed by atoms with van der Waals surface area (Å²) in [6, 6.07) is 0. The van der Waals surface area contributed by atoms with Crippen LogP contribution in [0.4, 0.5) is 0 Å². The van der Waals surface area contributed by atoms with E-state index in [0.717, 1.165) is 12.8 Å². The van der Waals surface area contributed by atoms with Crippen LogP contribution in [0.5, 0.6) is 0 Å². The molecule has 2 nitrogen and oxygen atoms in total. The van der Waals surface area contributed by atoms with Crippen LogP contribution in [-0.4, -0.2) is 28.4 Å². The lowest BCUT2D eigenvalue weighted by molar-refractivity contribution is -0.137. The number of allylic oxidation sites excluding steroid dienone is 2. The Morgan fingerprint density at radius 3 is 1.84 bits per heavy atom. The van der Waals surface area contributed by atoms with E-state index in [-0.39, 0.29) is 17.4 Å². The molecule has 0 saturated heterocycles. The van der Waals surface area contributed by atoms with E-state index in [4.69, 9.17) is 5.11 Å². The van der Waals surface area contributed by atoms with E-state index in [0.29, 0.717) is 6.42 Å². The highest BCUT2D eigenvalue weighted by atomic mass is 27.0. The van der Waals surface area contributed by atoms with Crippen molar-refractivity contribution in [2.24, 2.45) is 0 Å². The van der Waals surface area contributed by atoms with E-state index in [2.05, 4.69) is 19.1 Å². The van der Waals surface area contributed by atoms with Crippen molar-refractivity contribution in [3.8, 4) is 0 Å². The third kappa shape index (κ3) is 20.2. The second-order valence-electron chi connectivity index (χ2n) is 5.02. The molecule has 19 heavy (non-hydrogen) atoms. The summed E-state index contributed by atoms with van der Waals surface area (Å²) in [5.74, 6) is -0.666. The molecule has 0 saturated carbocycles. The second kappa shape index (κ2) is 17.7. The Morgan fingerprint density at radius 1 is 0.842 bits per heavy atom. The van der Waals surface area contributed by atoms with Gasteiger partial charge in [0.15, 0.2) is 0 Å². The van der Waals surface area contributed by atoms with Crippen molar-refractivity contribution in [1.82, 2.24) is 0 Å². The lowest BCUT2D eigenvalue weighted by Crippen LogP contribution is -1.93. The standard InChI is InChI=1S/C16H30O2.Al/c1-2-3-4-5-6-7-8-9-10-11-12-13-14-15-16(17)18;/h7-8H,2-6,9-15H2,1H3,(H,17,18);/b8-7-;. The van der Waals surface area contributed by atoms with Crippen LogP contribution in [-0.2, 0) is 4.79 Å². The number of hydrogen-bond acceptors (Lipinski definition) is 1. The van der Waals surface area contributed by atoms with Gasteiger partial charge in [0, 0.05) is 23.8 Å². The van der Waals surface area contributed by atoms with Crippen LogP contribution in [0.25, 0.3) is 0 Å². The summed E-state index contributed by atoms with van der Waals surface area (Å²) in [4.78, 5) is 10.3. The largest absolute Gasteiger partial charge is 0.481 e. The van der Waals surface area contributed by atoms with Crippen LogP contribution in [0.2, 0.25) is 0 Å². The van der Waals surface area contributed by atoms with E-state index < -0.39 is 5.97 Å². The maximum absolute atomic E-state index is 10.3. The fraction of sp³-hybridized carbons (Fsp3) is 0.812. The molecule has 0 atom stereocenters. The molecule has 0 aliphatic rings. The molecule has 0 fully saturated rings. The van der Waals surface area contributed by atoms with Gasteiger partial charge in [0.05, 0.1) is 0 Å². The number of rotatable bonds is 13. The SMILES string of the molecule is CCCCCC/C=C\CCCCCCCC(=O)O.[Al]. The van der Waals surface area contributed by atoms with Gasteiger partial charge in [-0.2, -0.15) is 0 Å². The van der Waals surface area contributed by atoms with Crippen LogP contribution < -0.4 is 0 Å². The highest BCUT2D eigenvalue weighted by Crippen LogP contribution is 2.08. The first-order valence-corrected chi connectivity index (χ1v) is 7.64. The minimum atomic E-state index is -0.666. The smallest absolute Gasteiger partial charge is 0.303 e. The van der Waals surface area contributed by atoms with Crippen molar-refractivity contribution in [2.45, 2.75) is 84.0 Å². The molecule has 1 N–H and O–H groups in total. The van der Waals surface area contributed by atoms with Crippen LogP contribution in [0, 0.1) is 0 Å². The van der Waals surface area contributed by atoms with E-state index in [9.17, 15) is 4.79 Å². The van der Waals surface area contributed by atoms with E-state index in [1.165, 1.54) is 57.8 Å². The minimum Gasteiger partial charge on any atom is -0.481 e. The van der Waals surface area contributed by atoms with Gasteiger partial charge in [0.1, 0.15) is 0 Å². The first kappa shape index (κ1) is 21.0. The number of aliphatic carboxylic acids is 1. The molecule has 0 heterocycles. The van der Waals surface area contributed by atoms with Crippen LogP contribution in [0.15, 0.2) is 12.2 Å². The summed E-state index contributed by atoms with van der Waals surface area (Å²) in [6.45, 7) is 2.24.